The monoisotopic (exact) mass is 419 g/mol. The zero-order chi connectivity index (χ0) is 21.5. The predicted molar refractivity (Wildman–Crippen MR) is 118 cm³/mol. The van der Waals surface area contributed by atoms with Gasteiger partial charge in [-0.15, -0.1) is 11.3 Å². The molecule has 0 aliphatic rings. The number of nitrogens with zero attached hydrogens (tertiary/aromatic N) is 2. The minimum absolute atomic E-state index is 0.00996. The molecule has 0 bridgehead atoms. The van der Waals surface area contributed by atoms with Crippen LogP contribution in [0.25, 0.3) is 6.08 Å². The van der Waals surface area contributed by atoms with E-state index in [1.54, 1.807) is 41.7 Å². The highest BCUT2D eigenvalue weighted by atomic mass is 32.1. The van der Waals surface area contributed by atoms with Crippen molar-refractivity contribution < 1.29 is 14.3 Å². The Morgan fingerprint density at radius 2 is 1.97 bits per heavy atom. The fourth-order valence-corrected chi connectivity index (χ4v) is 3.27. The van der Waals surface area contributed by atoms with E-state index in [4.69, 9.17) is 9.47 Å². The highest BCUT2D eigenvalue weighted by Crippen LogP contribution is 2.30. The van der Waals surface area contributed by atoms with E-state index in [1.807, 2.05) is 37.4 Å². The van der Waals surface area contributed by atoms with Gasteiger partial charge in [-0.25, -0.2) is 4.98 Å². The number of hydrogen-bond donors (Lipinski definition) is 1. The van der Waals surface area contributed by atoms with E-state index >= 15 is 0 Å². The molecule has 7 heteroatoms. The van der Waals surface area contributed by atoms with Crippen molar-refractivity contribution in [1.82, 2.24) is 4.98 Å². The summed E-state index contributed by atoms with van der Waals surface area (Å²) in [5.41, 5.74) is 3.21. The lowest BCUT2D eigenvalue weighted by atomic mass is 10.1. The highest BCUT2D eigenvalue weighted by molar-refractivity contribution is 7.09. The third-order valence-corrected chi connectivity index (χ3v) is 5.04. The lowest BCUT2D eigenvalue weighted by Gasteiger charge is -2.11. The zero-order valence-electron chi connectivity index (χ0n) is 16.9. The Balaban J connectivity index is 1.74. The van der Waals surface area contributed by atoms with Crippen LogP contribution in [-0.2, 0) is 11.4 Å². The third-order valence-electron chi connectivity index (χ3n) is 4.22. The van der Waals surface area contributed by atoms with Crippen LogP contribution in [0.15, 0.2) is 53.4 Å². The molecule has 1 N–H and O–H groups in total. The number of thiazole rings is 1. The van der Waals surface area contributed by atoms with Crippen molar-refractivity contribution in [2.24, 2.45) is 0 Å². The molecule has 2 aromatic carbocycles. The Hall–Kier alpha value is -3.63. The lowest BCUT2D eigenvalue weighted by Crippen LogP contribution is -2.13. The summed E-state index contributed by atoms with van der Waals surface area (Å²) in [4.78, 5) is 16.8. The summed E-state index contributed by atoms with van der Waals surface area (Å²) in [6.07, 6.45) is 1.51. The number of ether oxygens (including phenoxy) is 2. The van der Waals surface area contributed by atoms with Gasteiger partial charge in [0.25, 0.3) is 5.91 Å². The van der Waals surface area contributed by atoms with Gasteiger partial charge in [-0.2, -0.15) is 5.26 Å². The van der Waals surface area contributed by atoms with Gasteiger partial charge in [-0.05, 0) is 49.8 Å². The number of nitrogens with one attached hydrogen (secondary N) is 1. The first-order valence-corrected chi connectivity index (χ1v) is 10.1. The molecular formula is C23H21N3O3S. The molecule has 0 saturated carbocycles. The van der Waals surface area contributed by atoms with Gasteiger partial charge in [0.1, 0.15) is 18.2 Å². The van der Waals surface area contributed by atoms with Crippen LogP contribution in [0, 0.1) is 25.2 Å². The van der Waals surface area contributed by atoms with E-state index in [-0.39, 0.29) is 5.57 Å². The van der Waals surface area contributed by atoms with Crippen molar-refractivity contribution in [2.75, 3.05) is 12.4 Å². The molecule has 3 aromatic rings. The van der Waals surface area contributed by atoms with Crippen molar-refractivity contribution in [3.8, 4) is 17.6 Å². The van der Waals surface area contributed by atoms with Gasteiger partial charge >= 0.3 is 0 Å². The Bertz CT molecular complexity index is 1110. The van der Waals surface area contributed by atoms with Crippen molar-refractivity contribution in [1.29, 1.82) is 5.26 Å². The second kappa shape index (κ2) is 9.72. The summed E-state index contributed by atoms with van der Waals surface area (Å²) in [7, 11) is 1.54. The average Bonchev–Trinajstić information content (AvgIpc) is 3.17. The number of anilines is 1. The first-order chi connectivity index (χ1) is 14.5. The molecule has 0 atom stereocenters. The lowest BCUT2D eigenvalue weighted by molar-refractivity contribution is -0.112. The van der Waals surface area contributed by atoms with Crippen molar-refractivity contribution in [3.63, 3.8) is 0 Å². The van der Waals surface area contributed by atoms with E-state index in [0.29, 0.717) is 29.4 Å². The molecule has 0 saturated heterocycles. The minimum atomic E-state index is -0.473. The molecule has 1 aromatic heterocycles. The van der Waals surface area contributed by atoms with Crippen LogP contribution in [0.4, 0.5) is 5.69 Å². The quantitative estimate of drug-likeness (QED) is 0.435. The Kier molecular flexibility index (Phi) is 6.83. The van der Waals surface area contributed by atoms with Gasteiger partial charge in [0, 0.05) is 11.1 Å². The van der Waals surface area contributed by atoms with E-state index in [2.05, 4.69) is 10.3 Å². The minimum Gasteiger partial charge on any atom is -0.493 e. The number of aromatic nitrogens is 1. The Morgan fingerprint density at radius 1 is 1.20 bits per heavy atom. The Morgan fingerprint density at radius 3 is 2.60 bits per heavy atom. The van der Waals surface area contributed by atoms with Crippen LogP contribution in [0.1, 0.15) is 21.8 Å². The first kappa shape index (κ1) is 21.1. The van der Waals surface area contributed by atoms with Crippen LogP contribution in [0.5, 0.6) is 11.5 Å². The molecule has 0 unspecified atom stereocenters. The number of methoxy groups -OCH3 is 1. The fourth-order valence-electron chi connectivity index (χ4n) is 2.67. The normalized spacial score (nSPS) is 10.9. The maximum absolute atomic E-state index is 12.5. The van der Waals surface area contributed by atoms with Crippen LogP contribution in [0.2, 0.25) is 0 Å². The van der Waals surface area contributed by atoms with Gasteiger partial charge in [-0.3, -0.25) is 4.79 Å². The SMILES string of the molecule is COc1cc(/C=C(\C#N)C(=O)Nc2ccc(C)cc2)ccc1OCc1csc(C)n1. The molecular weight excluding hydrogens is 398 g/mol. The van der Waals surface area contributed by atoms with Gasteiger partial charge in [0.05, 0.1) is 17.8 Å². The van der Waals surface area contributed by atoms with Crippen LogP contribution < -0.4 is 14.8 Å². The molecule has 1 amide bonds. The summed E-state index contributed by atoms with van der Waals surface area (Å²) in [5.74, 6) is 0.592. The number of rotatable bonds is 7. The van der Waals surface area contributed by atoms with Gasteiger partial charge < -0.3 is 14.8 Å². The van der Waals surface area contributed by atoms with Gasteiger partial charge in [0.2, 0.25) is 0 Å². The topological polar surface area (TPSA) is 84.2 Å². The summed E-state index contributed by atoms with van der Waals surface area (Å²) in [6.45, 7) is 4.24. The van der Waals surface area contributed by atoms with E-state index in [1.165, 1.54) is 13.2 Å². The predicted octanol–water partition coefficient (Wildman–Crippen LogP) is 4.89. The number of amides is 1. The number of aryl methyl sites for hydroxylation is 2. The van der Waals surface area contributed by atoms with Gasteiger partial charge in [-0.1, -0.05) is 23.8 Å². The number of hydrogen-bond acceptors (Lipinski definition) is 6. The summed E-state index contributed by atoms with van der Waals surface area (Å²) in [5, 5.41) is 15.1. The third kappa shape index (κ3) is 5.46. The second-order valence-electron chi connectivity index (χ2n) is 6.55. The standard InChI is InChI=1S/C23H21N3O3S/c1-15-4-7-19(8-5-15)26-23(27)18(12-24)10-17-6-9-21(22(11-17)28-3)29-13-20-14-30-16(2)25-20/h4-11,14H,13H2,1-3H3,(H,26,27)/b18-10+. The molecule has 0 spiro atoms. The Labute approximate surface area is 179 Å². The fraction of sp³-hybridized carbons (Fsp3) is 0.174. The maximum Gasteiger partial charge on any atom is 0.266 e. The maximum atomic E-state index is 12.5. The van der Waals surface area contributed by atoms with Crippen LogP contribution in [-0.4, -0.2) is 18.0 Å². The molecule has 0 aliphatic carbocycles. The van der Waals surface area contributed by atoms with Crippen LogP contribution >= 0.6 is 11.3 Å². The number of benzene rings is 2. The van der Waals surface area contributed by atoms with Crippen molar-refractivity contribution in [3.05, 3.63) is 75.2 Å². The van der Waals surface area contributed by atoms with Gasteiger partial charge in [0.15, 0.2) is 11.5 Å². The van der Waals surface area contributed by atoms with Crippen molar-refractivity contribution >= 4 is 29.0 Å². The number of carbonyl (C=O) groups is 1. The van der Waals surface area contributed by atoms with E-state index in [9.17, 15) is 10.1 Å². The molecule has 152 valence electrons. The largest absolute Gasteiger partial charge is 0.493 e. The van der Waals surface area contributed by atoms with Crippen molar-refractivity contribution in [2.45, 2.75) is 20.5 Å². The van der Waals surface area contributed by atoms with Crippen LogP contribution in [0.3, 0.4) is 0 Å². The number of nitriles is 1. The molecule has 3 rings (SSSR count). The van der Waals surface area contributed by atoms with E-state index in [0.717, 1.165) is 16.3 Å². The summed E-state index contributed by atoms with van der Waals surface area (Å²) >= 11 is 1.57. The summed E-state index contributed by atoms with van der Waals surface area (Å²) in [6, 6.07) is 14.6. The highest BCUT2D eigenvalue weighted by Gasteiger charge is 2.12. The molecule has 6 nitrogen and oxygen atoms in total. The molecule has 1 heterocycles. The summed E-state index contributed by atoms with van der Waals surface area (Å²) < 4.78 is 11.2. The molecule has 0 radical (unpaired) electrons. The van der Waals surface area contributed by atoms with E-state index < -0.39 is 5.91 Å². The molecule has 30 heavy (non-hydrogen) atoms. The first-order valence-electron chi connectivity index (χ1n) is 9.20. The smallest absolute Gasteiger partial charge is 0.266 e. The molecule has 0 fully saturated rings. The molecule has 0 aliphatic heterocycles. The zero-order valence-corrected chi connectivity index (χ0v) is 17.7. The second-order valence-corrected chi connectivity index (χ2v) is 7.61. The number of carbonyl (C=O) groups excluding carboxylic acids is 1. The average molecular weight is 420 g/mol.